The van der Waals surface area contributed by atoms with Crippen molar-refractivity contribution in [3.63, 3.8) is 0 Å². The minimum absolute atomic E-state index is 0.0709. The summed E-state index contributed by atoms with van der Waals surface area (Å²) in [6.07, 6.45) is 0. The second-order valence-electron chi connectivity index (χ2n) is 6.60. The van der Waals surface area contributed by atoms with Crippen molar-refractivity contribution < 1.29 is 4.79 Å². The van der Waals surface area contributed by atoms with Gasteiger partial charge in [0.15, 0.2) is 5.78 Å². The Kier molecular flexibility index (Phi) is 3.53. The van der Waals surface area contributed by atoms with E-state index in [4.69, 9.17) is 5.73 Å². The molecule has 0 aliphatic carbocycles. The Bertz CT molecular complexity index is 717. The molecule has 1 aliphatic rings. The molecule has 114 valence electrons. The lowest BCUT2D eigenvalue weighted by Gasteiger charge is -2.42. The van der Waals surface area contributed by atoms with Crippen LogP contribution in [0, 0.1) is 0 Å². The molecule has 1 aliphatic heterocycles. The number of Topliss-reactive ketones (excluding diaryl/α,β-unsaturated/α-hetero) is 1. The summed E-state index contributed by atoms with van der Waals surface area (Å²) in [5, 5.41) is 3.59. The molecule has 3 nitrogen and oxygen atoms in total. The minimum Gasteiger partial charge on any atom is -0.398 e. The van der Waals surface area contributed by atoms with Gasteiger partial charge in [0.25, 0.3) is 0 Å². The van der Waals surface area contributed by atoms with Crippen LogP contribution in [-0.4, -0.2) is 11.3 Å². The van der Waals surface area contributed by atoms with Crippen LogP contribution in [0.3, 0.4) is 0 Å². The normalized spacial score (nSPS) is 19.5. The molecule has 2 aromatic rings. The monoisotopic (exact) mass is 294 g/mol. The maximum Gasteiger partial charge on any atom is 0.159 e. The standard InChI is InChI=1S/C19H22N2O/c1-12(22)13-7-9-14(10-8-13)18-15-5-4-6-17(20)16(15)11-21-19(18,2)3/h4-10,18,21H,11,20H2,1-3H3. The lowest BCUT2D eigenvalue weighted by Crippen LogP contribution is -2.48. The van der Waals surface area contributed by atoms with Crippen molar-refractivity contribution in [2.24, 2.45) is 0 Å². The Hall–Kier alpha value is -2.13. The van der Waals surface area contributed by atoms with Crippen LogP contribution >= 0.6 is 0 Å². The number of fused-ring (bicyclic) bond motifs is 1. The van der Waals surface area contributed by atoms with Crippen LogP contribution in [0.25, 0.3) is 0 Å². The first-order valence-electron chi connectivity index (χ1n) is 7.63. The number of benzene rings is 2. The van der Waals surface area contributed by atoms with Crippen LogP contribution < -0.4 is 11.1 Å². The van der Waals surface area contributed by atoms with E-state index in [1.165, 1.54) is 16.7 Å². The molecular weight excluding hydrogens is 272 g/mol. The highest BCUT2D eigenvalue weighted by molar-refractivity contribution is 5.94. The van der Waals surface area contributed by atoms with Crippen LogP contribution in [0.4, 0.5) is 5.69 Å². The first-order chi connectivity index (χ1) is 10.4. The van der Waals surface area contributed by atoms with E-state index in [0.717, 1.165) is 17.8 Å². The number of anilines is 1. The molecular formula is C19H22N2O. The number of carbonyl (C=O) groups excluding carboxylic acids is 1. The molecule has 1 heterocycles. The summed E-state index contributed by atoms with van der Waals surface area (Å²) >= 11 is 0. The number of rotatable bonds is 2. The van der Waals surface area contributed by atoms with E-state index in [1.54, 1.807) is 6.92 Å². The molecule has 0 saturated carbocycles. The minimum atomic E-state index is -0.0709. The molecule has 0 bridgehead atoms. The second kappa shape index (κ2) is 5.25. The van der Waals surface area contributed by atoms with Gasteiger partial charge in [0, 0.05) is 29.3 Å². The maximum absolute atomic E-state index is 11.5. The van der Waals surface area contributed by atoms with E-state index in [9.17, 15) is 4.79 Å². The zero-order chi connectivity index (χ0) is 15.9. The SMILES string of the molecule is CC(=O)c1ccc(C2c3cccc(N)c3CNC2(C)C)cc1. The molecule has 0 radical (unpaired) electrons. The number of carbonyl (C=O) groups is 1. The Morgan fingerprint density at radius 3 is 2.50 bits per heavy atom. The summed E-state index contributed by atoms with van der Waals surface area (Å²) < 4.78 is 0. The number of hydrogen-bond donors (Lipinski definition) is 2. The van der Waals surface area contributed by atoms with Crippen molar-refractivity contribution in [2.45, 2.75) is 38.8 Å². The van der Waals surface area contributed by atoms with Crippen molar-refractivity contribution >= 4 is 11.5 Å². The molecule has 0 amide bonds. The number of nitrogen functional groups attached to an aromatic ring is 1. The van der Waals surface area contributed by atoms with Gasteiger partial charge >= 0.3 is 0 Å². The summed E-state index contributed by atoms with van der Waals surface area (Å²) in [5.74, 6) is 0.304. The van der Waals surface area contributed by atoms with Crippen molar-refractivity contribution in [1.29, 1.82) is 0 Å². The van der Waals surface area contributed by atoms with Gasteiger partial charge in [-0.1, -0.05) is 36.4 Å². The highest BCUT2D eigenvalue weighted by Crippen LogP contribution is 2.41. The zero-order valence-corrected chi connectivity index (χ0v) is 13.3. The first kappa shape index (κ1) is 14.8. The quantitative estimate of drug-likeness (QED) is 0.658. The zero-order valence-electron chi connectivity index (χ0n) is 13.3. The van der Waals surface area contributed by atoms with Gasteiger partial charge in [0.2, 0.25) is 0 Å². The first-order valence-corrected chi connectivity index (χ1v) is 7.63. The van der Waals surface area contributed by atoms with Gasteiger partial charge in [-0.05, 0) is 43.5 Å². The fourth-order valence-electron chi connectivity index (χ4n) is 3.41. The molecule has 3 N–H and O–H groups in total. The largest absolute Gasteiger partial charge is 0.398 e. The van der Waals surface area contributed by atoms with Gasteiger partial charge in [-0.2, -0.15) is 0 Å². The lowest BCUT2D eigenvalue weighted by atomic mass is 9.72. The fourth-order valence-corrected chi connectivity index (χ4v) is 3.41. The van der Waals surface area contributed by atoms with Crippen LogP contribution in [0.1, 0.15) is 53.7 Å². The predicted octanol–water partition coefficient (Wildman–Crippen LogP) is 3.49. The lowest BCUT2D eigenvalue weighted by molar-refractivity contribution is 0.101. The Labute approximate surface area is 131 Å². The van der Waals surface area contributed by atoms with Crippen molar-refractivity contribution in [3.8, 4) is 0 Å². The highest BCUT2D eigenvalue weighted by atomic mass is 16.1. The number of nitrogens with one attached hydrogen (secondary N) is 1. The van der Waals surface area contributed by atoms with Gasteiger partial charge in [-0.15, -0.1) is 0 Å². The third-order valence-electron chi connectivity index (χ3n) is 4.65. The molecule has 3 heteroatoms. The summed E-state index contributed by atoms with van der Waals surface area (Å²) in [6, 6.07) is 14.1. The third-order valence-corrected chi connectivity index (χ3v) is 4.65. The molecule has 0 aromatic heterocycles. The highest BCUT2D eigenvalue weighted by Gasteiger charge is 2.37. The van der Waals surface area contributed by atoms with Crippen molar-refractivity contribution in [3.05, 3.63) is 64.7 Å². The van der Waals surface area contributed by atoms with Gasteiger partial charge in [0.1, 0.15) is 0 Å². The van der Waals surface area contributed by atoms with E-state index < -0.39 is 0 Å². The molecule has 22 heavy (non-hydrogen) atoms. The Morgan fingerprint density at radius 2 is 1.86 bits per heavy atom. The molecule has 0 saturated heterocycles. The van der Waals surface area contributed by atoms with Crippen LogP contribution in [-0.2, 0) is 6.54 Å². The van der Waals surface area contributed by atoms with Crippen LogP contribution in [0.15, 0.2) is 42.5 Å². The molecule has 0 spiro atoms. The van der Waals surface area contributed by atoms with Crippen molar-refractivity contribution in [2.75, 3.05) is 5.73 Å². The van der Waals surface area contributed by atoms with Gasteiger partial charge in [0.05, 0.1) is 0 Å². The van der Waals surface area contributed by atoms with Gasteiger partial charge in [-0.25, -0.2) is 0 Å². The predicted molar refractivity (Wildman–Crippen MR) is 90.1 cm³/mol. The third kappa shape index (κ3) is 2.42. The molecule has 2 aromatic carbocycles. The number of hydrogen-bond acceptors (Lipinski definition) is 3. The van der Waals surface area contributed by atoms with Crippen LogP contribution in [0.5, 0.6) is 0 Å². The summed E-state index contributed by atoms with van der Waals surface area (Å²) in [4.78, 5) is 11.5. The van der Waals surface area contributed by atoms with E-state index in [2.05, 4.69) is 37.4 Å². The van der Waals surface area contributed by atoms with E-state index in [1.807, 2.05) is 24.3 Å². The summed E-state index contributed by atoms with van der Waals surface area (Å²) in [6.45, 7) is 6.81. The molecule has 1 unspecified atom stereocenters. The van der Waals surface area contributed by atoms with Gasteiger partial charge < -0.3 is 11.1 Å². The summed E-state index contributed by atoms with van der Waals surface area (Å²) in [5.41, 5.74) is 11.3. The maximum atomic E-state index is 11.5. The molecule has 3 rings (SSSR count). The summed E-state index contributed by atoms with van der Waals surface area (Å²) in [7, 11) is 0. The topological polar surface area (TPSA) is 55.1 Å². The Morgan fingerprint density at radius 1 is 1.18 bits per heavy atom. The number of nitrogens with two attached hydrogens (primary N) is 1. The van der Waals surface area contributed by atoms with E-state index in [-0.39, 0.29) is 17.2 Å². The molecule has 1 atom stereocenters. The van der Waals surface area contributed by atoms with Gasteiger partial charge in [-0.3, -0.25) is 4.79 Å². The van der Waals surface area contributed by atoms with Crippen molar-refractivity contribution in [1.82, 2.24) is 5.32 Å². The fraction of sp³-hybridized carbons (Fsp3) is 0.316. The Balaban J connectivity index is 2.11. The average molecular weight is 294 g/mol. The van der Waals surface area contributed by atoms with E-state index in [0.29, 0.717) is 0 Å². The molecule has 0 fully saturated rings. The van der Waals surface area contributed by atoms with Crippen LogP contribution in [0.2, 0.25) is 0 Å². The number of ketones is 1. The smallest absolute Gasteiger partial charge is 0.159 e. The van der Waals surface area contributed by atoms with E-state index >= 15 is 0 Å². The second-order valence-corrected chi connectivity index (χ2v) is 6.60. The average Bonchev–Trinajstić information content (AvgIpc) is 2.46.